The Kier molecular flexibility index (Phi) is 5.62. The third kappa shape index (κ3) is 3.99. The zero-order valence-electron chi connectivity index (χ0n) is 18.5. The third-order valence-corrected chi connectivity index (χ3v) is 9.55. The van der Waals surface area contributed by atoms with Gasteiger partial charge in [0.2, 0.25) is 0 Å². The molecule has 176 valence electrons. The van der Waals surface area contributed by atoms with Crippen LogP contribution in [-0.4, -0.2) is 39.3 Å². The van der Waals surface area contributed by atoms with Crippen LogP contribution in [0.3, 0.4) is 0 Å². The van der Waals surface area contributed by atoms with E-state index in [4.69, 9.17) is 9.47 Å². The number of nitrogens with one attached hydrogen (secondary N) is 1. The summed E-state index contributed by atoms with van der Waals surface area (Å²) in [5.74, 6) is 0.779. The van der Waals surface area contributed by atoms with Gasteiger partial charge in [0, 0.05) is 12.7 Å². The molecule has 32 heavy (non-hydrogen) atoms. The van der Waals surface area contributed by atoms with E-state index in [9.17, 15) is 13.2 Å². The Morgan fingerprint density at radius 2 is 1.69 bits per heavy atom. The van der Waals surface area contributed by atoms with E-state index >= 15 is 4.39 Å². The summed E-state index contributed by atoms with van der Waals surface area (Å²) in [5.41, 5.74) is -0.0349. The van der Waals surface area contributed by atoms with Crippen LogP contribution >= 0.6 is 0 Å². The molecular weight excluding hydrogens is 433 g/mol. The van der Waals surface area contributed by atoms with Gasteiger partial charge >= 0.3 is 5.19 Å². The Bertz CT molecular complexity index is 929. The molecule has 2 atom stereocenters. The number of sulfonamides is 1. The van der Waals surface area contributed by atoms with Crippen LogP contribution in [0.25, 0.3) is 0 Å². The van der Waals surface area contributed by atoms with Crippen LogP contribution in [0.1, 0.15) is 61.7 Å². The molecule has 1 amide bonds. The highest BCUT2D eigenvalue weighted by Gasteiger charge is 2.61. The van der Waals surface area contributed by atoms with Gasteiger partial charge < -0.3 is 9.47 Å². The first-order valence-corrected chi connectivity index (χ1v) is 13.2. The predicted molar refractivity (Wildman–Crippen MR) is 117 cm³/mol. The maximum absolute atomic E-state index is 16.5. The van der Waals surface area contributed by atoms with Crippen molar-refractivity contribution in [3.05, 3.63) is 35.9 Å². The number of carbonyl (C=O) groups excluding carboxylic acids is 1. The lowest BCUT2D eigenvalue weighted by Crippen LogP contribution is -2.58. The zero-order chi connectivity index (χ0) is 22.6. The average Bonchev–Trinajstić information content (AvgIpc) is 3.57. The van der Waals surface area contributed by atoms with Crippen molar-refractivity contribution in [2.24, 2.45) is 29.1 Å². The summed E-state index contributed by atoms with van der Waals surface area (Å²) in [5, 5.41) is -3.13. The smallest absolute Gasteiger partial charge is 0.356 e. The Morgan fingerprint density at radius 1 is 1.12 bits per heavy atom. The number of hydrogen-bond acceptors (Lipinski definition) is 5. The Labute approximate surface area is 189 Å². The molecule has 6 rings (SSSR count). The Balaban J connectivity index is 1.39. The molecule has 5 fully saturated rings. The van der Waals surface area contributed by atoms with Crippen LogP contribution in [-0.2, 0) is 19.5 Å². The number of benzene rings is 1. The third-order valence-electron chi connectivity index (χ3n) is 8.01. The van der Waals surface area contributed by atoms with Gasteiger partial charge in [-0.05, 0) is 92.6 Å². The summed E-state index contributed by atoms with van der Waals surface area (Å²) < 4.78 is 56.1. The van der Waals surface area contributed by atoms with E-state index < -0.39 is 27.2 Å². The molecular formula is C24H32FNO5S. The van der Waals surface area contributed by atoms with Gasteiger partial charge in [0.15, 0.2) is 0 Å². The summed E-state index contributed by atoms with van der Waals surface area (Å²) in [7, 11) is -3.53. The fraction of sp³-hybridized carbons (Fsp3) is 0.708. The number of carbonyl (C=O) groups is 1. The van der Waals surface area contributed by atoms with Crippen molar-refractivity contribution in [3.63, 3.8) is 0 Å². The monoisotopic (exact) mass is 465 g/mol. The zero-order valence-corrected chi connectivity index (χ0v) is 19.3. The molecule has 0 saturated heterocycles. The largest absolute Gasteiger partial charge is 0.374 e. The molecule has 1 aromatic rings. The van der Waals surface area contributed by atoms with Gasteiger partial charge in [0.05, 0.1) is 6.61 Å². The molecule has 0 aliphatic heterocycles. The van der Waals surface area contributed by atoms with Gasteiger partial charge in [0.25, 0.3) is 15.9 Å². The van der Waals surface area contributed by atoms with E-state index in [0.29, 0.717) is 30.6 Å². The van der Waals surface area contributed by atoms with Gasteiger partial charge in [0.1, 0.15) is 6.10 Å². The second-order valence-electron chi connectivity index (χ2n) is 10.6. The first-order valence-electron chi connectivity index (χ1n) is 11.7. The molecule has 8 heteroatoms. The van der Waals surface area contributed by atoms with Crippen molar-refractivity contribution in [2.75, 3.05) is 13.7 Å². The fourth-order valence-electron chi connectivity index (χ4n) is 6.88. The normalized spacial score (nSPS) is 34.1. The van der Waals surface area contributed by atoms with Crippen LogP contribution < -0.4 is 4.72 Å². The topological polar surface area (TPSA) is 81.7 Å². The molecule has 2 unspecified atom stereocenters. The quantitative estimate of drug-likeness (QED) is 0.596. The molecule has 1 N–H and O–H groups in total. The average molecular weight is 466 g/mol. The lowest BCUT2D eigenvalue weighted by atomic mass is 9.50. The lowest BCUT2D eigenvalue weighted by Gasteiger charge is -2.57. The van der Waals surface area contributed by atoms with Gasteiger partial charge in [-0.15, -0.1) is 0 Å². The molecule has 0 radical (unpaired) electrons. The fourth-order valence-corrected chi connectivity index (χ4v) is 8.19. The van der Waals surface area contributed by atoms with Gasteiger partial charge in [-0.1, -0.05) is 18.2 Å². The van der Waals surface area contributed by atoms with Crippen molar-refractivity contribution in [1.82, 2.24) is 4.72 Å². The van der Waals surface area contributed by atoms with Gasteiger partial charge in [-0.2, -0.15) is 4.39 Å². The van der Waals surface area contributed by atoms with Crippen LogP contribution in [0, 0.1) is 29.1 Å². The summed E-state index contributed by atoms with van der Waals surface area (Å²) in [6, 6.07) is 7.92. The van der Waals surface area contributed by atoms with Crippen molar-refractivity contribution in [2.45, 2.75) is 62.7 Å². The van der Waals surface area contributed by atoms with E-state index in [-0.39, 0.29) is 23.5 Å². The second-order valence-corrected chi connectivity index (χ2v) is 12.4. The highest BCUT2D eigenvalue weighted by atomic mass is 32.2. The molecule has 0 spiro atoms. The standard InChI is InChI=1S/C24H32FNO5S/c1-30-21(19-7-8-19)24(25,32(28,29)26-22(27)20-5-3-2-4-6-20)31-15-23-12-16-9-17(13-23)11-18(10-16)14-23/h2-6,16-19,21H,7-15H2,1H3,(H,26,27). The second kappa shape index (κ2) is 8.06. The minimum atomic E-state index is -4.83. The number of halogens is 1. The summed E-state index contributed by atoms with van der Waals surface area (Å²) in [6.45, 7) is 0.0417. The number of ether oxygens (including phenoxy) is 2. The number of rotatable bonds is 9. The Hall–Kier alpha value is -1.51. The van der Waals surface area contributed by atoms with Crippen LogP contribution in [0.2, 0.25) is 0 Å². The Morgan fingerprint density at radius 3 is 2.19 bits per heavy atom. The molecule has 0 aromatic heterocycles. The van der Waals surface area contributed by atoms with E-state index in [1.807, 2.05) is 4.72 Å². The molecule has 0 heterocycles. The number of hydrogen-bond donors (Lipinski definition) is 1. The van der Waals surface area contributed by atoms with Crippen molar-refractivity contribution >= 4 is 15.9 Å². The van der Waals surface area contributed by atoms with E-state index in [1.54, 1.807) is 18.2 Å². The summed E-state index contributed by atoms with van der Waals surface area (Å²) in [6.07, 6.45) is 6.65. The highest BCUT2D eigenvalue weighted by molar-refractivity contribution is 7.91. The van der Waals surface area contributed by atoms with Crippen molar-refractivity contribution < 1.29 is 27.1 Å². The van der Waals surface area contributed by atoms with Gasteiger partial charge in [-0.3, -0.25) is 4.79 Å². The molecule has 6 nitrogen and oxygen atoms in total. The SMILES string of the molecule is COC(C1CC1)C(F)(OCC12CC3CC(CC(C3)C1)C2)S(=O)(=O)NC(=O)c1ccccc1. The van der Waals surface area contributed by atoms with Crippen LogP contribution in [0.4, 0.5) is 4.39 Å². The maximum atomic E-state index is 16.5. The van der Waals surface area contributed by atoms with Crippen LogP contribution in [0.15, 0.2) is 30.3 Å². The minimum absolute atomic E-state index is 0.0417. The maximum Gasteiger partial charge on any atom is 0.356 e. The first kappa shape index (κ1) is 22.3. The van der Waals surface area contributed by atoms with Crippen LogP contribution in [0.5, 0.6) is 0 Å². The molecule has 5 saturated carbocycles. The molecule has 5 aliphatic rings. The molecule has 4 bridgehead atoms. The molecule has 5 aliphatic carbocycles. The predicted octanol–water partition coefficient (Wildman–Crippen LogP) is 4.03. The van der Waals surface area contributed by atoms with Gasteiger partial charge in [-0.25, -0.2) is 13.1 Å². The molecule has 1 aromatic carbocycles. The summed E-state index contributed by atoms with van der Waals surface area (Å²) >= 11 is 0. The number of amides is 1. The minimum Gasteiger partial charge on any atom is -0.374 e. The highest BCUT2D eigenvalue weighted by Crippen LogP contribution is 2.60. The van der Waals surface area contributed by atoms with E-state index in [0.717, 1.165) is 19.3 Å². The lowest BCUT2D eigenvalue weighted by molar-refractivity contribution is -0.200. The van der Waals surface area contributed by atoms with Crippen molar-refractivity contribution in [3.8, 4) is 0 Å². The number of alkyl halides is 1. The van der Waals surface area contributed by atoms with Crippen molar-refractivity contribution in [1.29, 1.82) is 0 Å². The number of methoxy groups -OCH3 is 1. The van der Waals surface area contributed by atoms with E-state index in [2.05, 4.69) is 0 Å². The first-order chi connectivity index (χ1) is 15.2. The summed E-state index contributed by atoms with van der Waals surface area (Å²) in [4.78, 5) is 12.6. The van der Waals surface area contributed by atoms with E-state index in [1.165, 1.54) is 38.5 Å².